The van der Waals surface area contributed by atoms with E-state index in [9.17, 15) is 0 Å². The van der Waals surface area contributed by atoms with Gasteiger partial charge in [-0.3, -0.25) is 4.90 Å². The molecule has 1 aliphatic rings. The predicted molar refractivity (Wildman–Crippen MR) is 99.3 cm³/mol. The molecular weight excluding hydrogens is 308 g/mol. The summed E-state index contributed by atoms with van der Waals surface area (Å²) in [5, 5.41) is 8.77. The van der Waals surface area contributed by atoms with Gasteiger partial charge < -0.3 is 0 Å². The second-order valence-electron chi connectivity index (χ2n) is 6.85. The van der Waals surface area contributed by atoms with Gasteiger partial charge in [0.25, 0.3) is 0 Å². The molecule has 4 rings (SSSR count). The molecule has 1 aromatic heterocycles. The van der Waals surface area contributed by atoms with Crippen molar-refractivity contribution >= 4 is 0 Å². The SMILES string of the molecule is c1ccc(Cc2cn(C3CCN(Cc4ccccc4)CC3)nn2)cc1. The first-order chi connectivity index (χ1) is 12.4. The number of aromatic nitrogens is 3. The fraction of sp³-hybridized carbons (Fsp3) is 0.333. The number of benzene rings is 2. The number of piperidine rings is 1. The van der Waals surface area contributed by atoms with Gasteiger partial charge in [-0.2, -0.15) is 0 Å². The first-order valence-corrected chi connectivity index (χ1v) is 9.08. The van der Waals surface area contributed by atoms with Gasteiger partial charge in [0.05, 0.1) is 11.7 Å². The zero-order valence-electron chi connectivity index (χ0n) is 14.5. The Kier molecular flexibility index (Phi) is 4.89. The van der Waals surface area contributed by atoms with Crippen LogP contribution < -0.4 is 0 Å². The Morgan fingerprint density at radius 2 is 1.48 bits per heavy atom. The highest BCUT2D eigenvalue weighted by molar-refractivity contribution is 5.20. The van der Waals surface area contributed by atoms with Gasteiger partial charge >= 0.3 is 0 Å². The molecule has 1 saturated heterocycles. The van der Waals surface area contributed by atoms with E-state index in [1.165, 1.54) is 11.1 Å². The van der Waals surface area contributed by atoms with Gasteiger partial charge in [-0.15, -0.1) is 5.10 Å². The molecule has 4 heteroatoms. The third-order valence-corrected chi connectivity index (χ3v) is 4.97. The van der Waals surface area contributed by atoms with E-state index in [2.05, 4.69) is 80.7 Å². The molecule has 2 aromatic carbocycles. The lowest BCUT2D eigenvalue weighted by atomic mass is 10.0. The molecule has 3 aromatic rings. The Labute approximate surface area is 149 Å². The van der Waals surface area contributed by atoms with Gasteiger partial charge in [-0.25, -0.2) is 4.68 Å². The van der Waals surface area contributed by atoms with E-state index in [1.54, 1.807) is 0 Å². The topological polar surface area (TPSA) is 34.0 Å². The van der Waals surface area contributed by atoms with Crippen molar-refractivity contribution in [2.45, 2.75) is 31.8 Å². The Morgan fingerprint density at radius 1 is 0.840 bits per heavy atom. The maximum atomic E-state index is 4.39. The smallest absolute Gasteiger partial charge is 0.0870 e. The van der Waals surface area contributed by atoms with Crippen molar-refractivity contribution in [1.29, 1.82) is 0 Å². The molecule has 0 radical (unpaired) electrons. The first-order valence-electron chi connectivity index (χ1n) is 9.08. The number of hydrogen-bond acceptors (Lipinski definition) is 3. The molecule has 0 amide bonds. The van der Waals surface area contributed by atoms with Crippen molar-refractivity contribution in [2.24, 2.45) is 0 Å². The van der Waals surface area contributed by atoms with Crippen LogP contribution in [0.2, 0.25) is 0 Å². The van der Waals surface area contributed by atoms with Gasteiger partial charge in [0.15, 0.2) is 0 Å². The van der Waals surface area contributed by atoms with E-state index >= 15 is 0 Å². The largest absolute Gasteiger partial charge is 0.299 e. The highest BCUT2D eigenvalue weighted by atomic mass is 15.4. The first kappa shape index (κ1) is 16.0. The van der Waals surface area contributed by atoms with Crippen molar-refractivity contribution in [3.8, 4) is 0 Å². The monoisotopic (exact) mass is 332 g/mol. The molecule has 2 heterocycles. The predicted octanol–water partition coefficient (Wildman–Crippen LogP) is 3.71. The van der Waals surface area contributed by atoms with Crippen molar-refractivity contribution in [1.82, 2.24) is 19.9 Å². The molecule has 0 saturated carbocycles. The van der Waals surface area contributed by atoms with Gasteiger partial charge in [0, 0.05) is 32.3 Å². The van der Waals surface area contributed by atoms with Crippen LogP contribution in [0.3, 0.4) is 0 Å². The van der Waals surface area contributed by atoms with Crippen molar-refractivity contribution < 1.29 is 0 Å². The van der Waals surface area contributed by atoms with E-state index in [1.807, 2.05) is 6.07 Å². The molecule has 1 fully saturated rings. The van der Waals surface area contributed by atoms with Crippen LogP contribution >= 0.6 is 0 Å². The average Bonchev–Trinajstić information content (AvgIpc) is 3.12. The molecular formula is C21H24N4. The Hall–Kier alpha value is -2.46. The molecule has 0 bridgehead atoms. The van der Waals surface area contributed by atoms with Crippen LogP contribution in [-0.2, 0) is 13.0 Å². The van der Waals surface area contributed by atoms with E-state index in [0.717, 1.165) is 44.6 Å². The van der Waals surface area contributed by atoms with E-state index in [0.29, 0.717) is 6.04 Å². The number of hydrogen-bond donors (Lipinski definition) is 0. The van der Waals surface area contributed by atoms with Crippen molar-refractivity contribution in [2.75, 3.05) is 13.1 Å². The average molecular weight is 332 g/mol. The number of rotatable bonds is 5. The summed E-state index contributed by atoms with van der Waals surface area (Å²) < 4.78 is 2.08. The summed E-state index contributed by atoms with van der Waals surface area (Å²) in [6.45, 7) is 3.28. The molecule has 128 valence electrons. The van der Waals surface area contributed by atoms with Crippen LogP contribution in [0.4, 0.5) is 0 Å². The summed E-state index contributed by atoms with van der Waals surface area (Å²) in [6, 6.07) is 21.7. The molecule has 0 unspecified atom stereocenters. The van der Waals surface area contributed by atoms with Crippen LogP contribution in [0.5, 0.6) is 0 Å². The fourth-order valence-corrected chi connectivity index (χ4v) is 3.56. The summed E-state index contributed by atoms with van der Waals surface area (Å²) >= 11 is 0. The van der Waals surface area contributed by atoms with Gasteiger partial charge in [0.1, 0.15) is 0 Å². The molecule has 0 spiro atoms. The molecule has 25 heavy (non-hydrogen) atoms. The zero-order valence-corrected chi connectivity index (χ0v) is 14.5. The fourth-order valence-electron chi connectivity index (χ4n) is 3.56. The van der Waals surface area contributed by atoms with Crippen LogP contribution in [0.25, 0.3) is 0 Å². The van der Waals surface area contributed by atoms with Gasteiger partial charge in [-0.05, 0) is 24.0 Å². The highest BCUT2D eigenvalue weighted by Gasteiger charge is 2.21. The molecule has 0 atom stereocenters. The molecule has 4 nitrogen and oxygen atoms in total. The van der Waals surface area contributed by atoms with E-state index in [4.69, 9.17) is 0 Å². The molecule has 1 aliphatic heterocycles. The summed E-state index contributed by atoms with van der Waals surface area (Å²) in [5.74, 6) is 0. The summed E-state index contributed by atoms with van der Waals surface area (Å²) in [5.41, 5.74) is 3.73. The maximum Gasteiger partial charge on any atom is 0.0870 e. The minimum atomic E-state index is 0.476. The van der Waals surface area contributed by atoms with Crippen molar-refractivity contribution in [3.05, 3.63) is 83.7 Å². The molecule has 0 aliphatic carbocycles. The van der Waals surface area contributed by atoms with E-state index < -0.39 is 0 Å². The third kappa shape index (κ3) is 4.15. The van der Waals surface area contributed by atoms with Crippen LogP contribution in [0, 0.1) is 0 Å². The Bertz CT molecular complexity index is 774. The minimum absolute atomic E-state index is 0.476. The van der Waals surface area contributed by atoms with Crippen LogP contribution in [-0.4, -0.2) is 33.0 Å². The second-order valence-corrected chi connectivity index (χ2v) is 6.85. The summed E-state index contributed by atoms with van der Waals surface area (Å²) in [4.78, 5) is 2.54. The number of nitrogens with zero attached hydrogens (tertiary/aromatic N) is 4. The quantitative estimate of drug-likeness (QED) is 0.714. The Morgan fingerprint density at radius 3 is 2.16 bits per heavy atom. The maximum absolute atomic E-state index is 4.39. The lowest BCUT2D eigenvalue weighted by Gasteiger charge is -2.31. The zero-order chi connectivity index (χ0) is 16.9. The standard InChI is InChI=1S/C21H24N4/c1-3-7-18(8-4-1)15-20-17-25(23-22-20)21-11-13-24(14-12-21)16-19-9-5-2-6-10-19/h1-10,17,21H,11-16H2. The molecule has 0 N–H and O–H groups in total. The van der Waals surface area contributed by atoms with Gasteiger partial charge in [0.2, 0.25) is 0 Å². The number of likely N-dealkylation sites (tertiary alicyclic amines) is 1. The van der Waals surface area contributed by atoms with Gasteiger partial charge in [-0.1, -0.05) is 65.9 Å². The van der Waals surface area contributed by atoms with Crippen LogP contribution in [0.1, 0.15) is 35.7 Å². The van der Waals surface area contributed by atoms with Crippen molar-refractivity contribution in [3.63, 3.8) is 0 Å². The summed E-state index contributed by atoms with van der Waals surface area (Å²) in [6.07, 6.45) is 5.26. The lowest BCUT2D eigenvalue weighted by molar-refractivity contribution is 0.172. The van der Waals surface area contributed by atoms with Crippen LogP contribution in [0.15, 0.2) is 66.9 Å². The second kappa shape index (κ2) is 7.62. The summed E-state index contributed by atoms with van der Waals surface area (Å²) in [7, 11) is 0. The minimum Gasteiger partial charge on any atom is -0.299 e. The van der Waals surface area contributed by atoms with E-state index in [-0.39, 0.29) is 0 Å². The third-order valence-electron chi connectivity index (χ3n) is 4.97. The normalized spacial score (nSPS) is 16.2. The highest BCUT2D eigenvalue weighted by Crippen LogP contribution is 2.23. The lowest BCUT2D eigenvalue weighted by Crippen LogP contribution is -2.34. The Balaban J connectivity index is 1.32.